The van der Waals surface area contributed by atoms with Gasteiger partial charge in [0.2, 0.25) is 6.30 Å². The Labute approximate surface area is 117 Å². The van der Waals surface area contributed by atoms with Crippen LogP contribution in [0.3, 0.4) is 0 Å². The van der Waals surface area contributed by atoms with Crippen molar-refractivity contribution < 1.29 is 22.0 Å². The first-order chi connectivity index (χ1) is 9.25. The second-order valence-corrected chi connectivity index (χ2v) is 4.73. The van der Waals surface area contributed by atoms with E-state index in [9.17, 15) is 26.7 Å². The summed E-state index contributed by atoms with van der Waals surface area (Å²) in [5.41, 5.74) is -1.46. The smallest absolute Gasteiger partial charge is 0.270 e. The molecule has 0 saturated carbocycles. The topological polar surface area (TPSA) is 34.9 Å². The number of hydrogen-bond donors (Lipinski definition) is 0. The van der Waals surface area contributed by atoms with Gasteiger partial charge in [-0.15, -0.1) is 0 Å². The van der Waals surface area contributed by atoms with Crippen LogP contribution in [0.4, 0.5) is 22.0 Å². The molecule has 2 heterocycles. The molecule has 0 spiro atoms. The van der Waals surface area contributed by atoms with Gasteiger partial charge in [0.1, 0.15) is 4.60 Å². The third kappa shape index (κ3) is 2.41. The van der Waals surface area contributed by atoms with Gasteiger partial charge in [-0.3, -0.25) is 9.36 Å². The SMILES string of the molecule is O=c1ccc2cc(Br)ncc2n1C(F)C(F)(F)C(F)F. The van der Waals surface area contributed by atoms with E-state index in [1.807, 2.05) is 0 Å². The molecule has 0 aliphatic heterocycles. The maximum absolute atomic E-state index is 13.7. The highest BCUT2D eigenvalue weighted by molar-refractivity contribution is 9.10. The minimum atomic E-state index is -4.98. The monoisotopic (exact) mass is 356 g/mol. The summed E-state index contributed by atoms with van der Waals surface area (Å²) in [6, 6.07) is 3.43. The number of rotatable bonds is 3. The molecule has 1 unspecified atom stereocenters. The van der Waals surface area contributed by atoms with E-state index in [1.54, 1.807) is 0 Å². The molecule has 2 aromatic heterocycles. The van der Waals surface area contributed by atoms with Crippen LogP contribution in [0.2, 0.25) is 0 Å². The van der Waals surface area contributed by atoms with Crippen molar-refractivity contribution in [3.05, 3.63) is 39.4 Å². The first kappa shape index (κ1) is 14.9. The summed E-state index contributed by atoms with van der Waals surface area (Å²) in [6.07, 6.45) is -6.76. The second kappa shape index (κ2) is 5.12. The highest BCUT2D eigenvalue weighted by atomic mass is 79.9. The molecule has 0 amide bonds. The molecular weight excluding hydrogens is 351 g/mol. The molecule has 108 valence electrons. The predicted molar refractivity (Wildman–Crippen MR) is 64.8 cm³/mol. The molecule has 0 saturated heterocycles. The number of nitrogens with zero attached hydrogens (tertiary/aromatic N) is 2. The number of hydrogen-bond acceptors (Lipinski definition) is 2. The summed E-state index contributed by atoms with van der Waals surface area (Å²) in [5.74, 6) is -4.98. The van der Waals surface area contributed by atoms with Gasteiger partial charge in [-0.1, -0.05) is 0 Å². The largest absolute Gasteiger partial charge is 0.356 e. The van der Waals surface area contributed by atoms with Crippen LogP contribution in [-0.2, 0) is 0 Å². The Bertz CT molecular complexity index is 703. The fraction of sp³-hybridized carbons (Fsp3) is 0.273. The molecular formula is C11H6BrF5N2O. The molecule has 9 heteroatoms. The fourth-order valence-corrected chi connectivity index (χ4v) is 1.99. The zero-order valence-electron chi connectivity index (χ0n) is 9.53. The summed E-state index contributed by atoms with van der Waals surface area (Å²) in [5, 5.41) is 0.208. The third-order valence-electron chi connectivity index (χ3n) is 2.62. The van der Waals surface area contributed by atoms with E-state index in [4.69, 9.17) is 0 Å². The minimum absolute atomic E-state index is 0.0269. The van der Waals surface area contributed by atoms with Crippen LogP contribution in [0.15, 0.2) is 33.8 Å². The van der Waals surface area contributed by atoms with E-state index >= 15 is 0 Å². The van der Waals surface area contributed by atoms with E-state index in [1.165, 1.54) is 12.1 Å². The molecule has 0 aliphatic rings. The van der Waals surface area contributed by atoms with Crippen molar-refractivity contribution in [2.75, 3.05) is 0 Å². The molecule has 0 fully saturated rings. The van der Waals surface area contributed by atoms with Gasteiger partial charge in [-0.25, -0.2) is 18.2 Å². The summed E-state index contributed by atoms with van der Waals surface area (Å²) in [6.45, 7) is 0. The molecule has 3 nitrogen and oxygen atoms in total. The molecule has 20 heavy (non-hydrogen) atoms. The molecule has 0 N–H and O–H groups in total. The number of aromatic nitrogens is 2. The van der Waals surface area contributed by atoms with E-state index in [0.29, 0.717) is 4.60 Å². The van der Waals surface area contributed by atoms with Gasteiger partial charge in [-0.05, 0) is 28.1 Å². The van der Waals surface area contributed by atoms with Crippen molar-refractivity contribution >= 4 is 26.8 Å². The summed E-state index contributed by atoms with van der Waals surface area (Å²) in [7, 11) is 0. The highest BCUT2D eigenvalue weighted by Crippen LogP contribution is 2.36. The van der Waals surface area contributed by atoms with Gasteiger partial charge in [0.25, 0.3) is 5.56 Å². The first-order valence-electron chi connectivity index (χ1n) is 5.22. The van der Waals surface area contributed by atoms with Crippen molar-refractivity contribution in [2.24, 2.45) is 0 Å². The Morgan fingerprint density at radius 1 is 1.25 bits per heavy atom. The lowest BCUT2D eigenvalue weighted by atomic mass is 10.2. The second-order valence-electron chi connectivity index (χ2n) is 3.92. The van der Waals surface area contributed by atoms with Crippen LogP contribution >= 0.6 is 15.9 Å². The molecule has 2 aromatic rings. The number of halogens is 6. The van der Waals surface area contributed by atoms with Crippen LogP contribution in [0.25, 0.3) is 10.9 Å². The lowest BCUT2D eigenvalue weighted by Gasteiger charge is -2.22. The van der Waals surface area contributed by atoms with Gasteiger partial charge in [0.05, 0.1) is 11.7 Å². The Balaban J connectivity index is 2.70. The average Bonchev–Trinajstić information content (AvgIpc) is 2.38. The molecule has 0 aromatic carbocycles. The van der Waals surface area contributed by atoms with E-state index in [-0.39, 0.29) is 15.5 Å². The van der Waals surface area contributed by atoms with Crippen LogP contribution in [0.1, 0.15) is 6.30 Å². The van der Waals surface area contributed by atoms with Gasteiger partial charge in [0.15, 0.2) is 0 Å². The minimum Gasteiger partial charge on any atom is -0.270 e. The number of alkyl halides is 5. The molecule has 0 aliphatic carbocycles. The summed E-state index contributed by atoms with van der Waals surface area (Å²) in [4.78, 5) is 15.2. The molecule has 2 rings (SSSR count). The number of fused-ring (bicyclic) bond motifs is 1. The van der Waals surface area contributed by atoms with Crippen LogP contribution < -0.4 is 5.56 Å². The van der Waals surface area contributed by atoms with Crippen LogP contribution in [0, 0.1) is 0 Å². The lowest BCUT2D eigenvalue weighted by molar-refractivity contribution is -0.191. The van der Waals surface area contributed by atoms with Gasteiger partial charge < -0.3 is 0 Å². The zero-order chi connectivity index (χ0) is 15.1. The Kier molecular flexibility index (Phi) is 3.81. The summed E-state index contributed by atoms with van der Waals surface area (Å²) >= 11 is 3.01. The average molecular weight is 357 g/mol. The first-order valence-corrected chi connectivity index (χ1v) is 6.01. The molecule has 1 atom stereocenters. The van der Waals surface area contributed by atoms with Crippen LogP contribution in [0.5, 0.6) is 0 Å². The quantitative estimate of drug-likeness (QED) is 0.622. The Hall–Kier alpha value is -1.51. The Morgan fingerprint density at radius 3 is 2.50 bits per heavy atom. The van der Waals surface area contributed by atoms with Crippen molar-refractivity contribution in [3.63, 3.8) is 0 Å². The maximum Gasteiger partial charge on any atom is 0.356 e. The van der Waals surface area contributed by atoms with Gasteiger partial charge in [0, 0.05) is 11.5 Å². The van der Waals surface area contributed by atoms with Crippen molar-refractivity contribution in [2.45, 2.75) is 18.6 Å². The standard InChI is InChI=1S/C11H6BrF5N2O/c12-7-3-5-1-2-8(20)19(6(5)4-18-7)10(15)11(16,17)9(13)14/h1-4,9-10H. The molecule has 0 bridgehead atoms. The normalized spacial score (nSPS) is 13.9. The lowest BCUT2D eigenvalue weighted by Crippen LogP contribution is -2.39. The maximum atomic E-state index is 13.7. The van der Waals surface area contributed by atoms with E-state index in [2.05, 4.69) is 20.9 Å². The van der Waals surface area contributed by atoms with Crippen LogP contribution in [-0.4, -0.2) is 21.9 Å². The van der Waals surface area contributed by atoms with Gasteiger partial charge in [-0.2, -0.15) is 8.78 Å². The predicted octanol–water partition coefficient (Wildman–Crippen LogP) is 3.53. The van der Waals surface area contributed by atoms with Crippen molar-refractivity contribution in [3.8, 4) is 0 Å². The third-order valence-corrected chi connectivity index (χ3v) is 3.05. The number of pyridine rings is 2. The van der Waals surface area contributed by atoms with E-state index in [0.717, 1.165) is 12.3 Å². The fourth-order valence-electron chi connectivity index (χ4n) is 1.64. The summed E-state index contributed by atoms with van der Waals surface area (Å²) < 4.78 is 64.7. The van der Waals surface area contributed by atoms with E-state index < -0.39 is 24.2 Å². The molecule has 0 radical (unpaired) electrons. The van der Waals surface area contributed by atoms with Crippen molar-refractivity contribution in [1.29, 1.82) is 0 Å². The zero-order valence-corrected chi connectivity index (χ0v) is 11.1. The highest BCUT2D eigenvalue weighted by Gasteiger charge is 2.51. The Morgan fingerprint density at radius 2 is 1.90 bits per heavy atom. The van der Waals surface area contributed by atoms with Crippen molar-refractivity contribution in [1.82, 2.24) is 9.55 Å². The van der Waals surface area contributed by atoms with Gasteiger partial charge >= 0.3 is 12.3 Å².